The number of hydrogen-bond acceptors (Lipinski definition) is 4. The van der Waals surface area contributed by atoms with E-state index in [1.807, 2.05) is 60.6 Å². The molecule has 0 saturated heterocycles. The van der Waals surface area contributed by atoms with Gasteiger partial charge in [0, 0.05) is 0 Å². The maximum Gasteiger partial charge on any atom is 0.402 e. The van der Waals surface area contributed by atoms with E-state index in [1.54, 1.807) is 24.3 Å². The van der Waals surface area contributed by atoms with Crippen molar-refractivity contribution in [3.8, 4) is 17.2 Å². The first kappa shape index (κ1) is 39.4. The molecule has 0 bridgehead atoms. The van der Waals surface area contributed by atoms with Crippen molar-refractivity contribution in [3.05, 3.63) is 114 Å². The Morgan fingerprint density at radius 3 is 1.15 bits per heavy atom. The lowest BCUT2D eigenvalue weighted by Crippen LogP contribution is -2.40. The zero-order chi connectivity index (χ0) is 35.8. The molecule has 256 valence electrons. The highest BCUT2D eigenvalue weighted by Crippen LogP contribution is 2.47. The summed E-state index contributed by atoms with van der Waals surface area (Å²) in [6, 6.07) is 24.5. The summed E-state index contributed by atoms with van der Waals surface area (Å²) in [6.07, 6.45) is -4.57. The first-order chi connectivity index (χ1) is 21.8. The molecule has 0 heterocycles. The van der Waals surface area contributed by atoms with Gasteiger partial charge in [-0.25, -0.2) is 8.42 Å². The lowest BCUT2D eigenvalue weighted by atomic mass is 9.75. The Kier molecular flexibility index (Phi) is 12.9. The maximum absolute atomic E-state index is 14.5. The lowest BCUT2D eigenvalue weighted by Gasteiger charge is -2.33. The normalized spacial score (nSPS) is 13.2. The molecule has 4 aromatic carbocycles. The predicted molar refractivity (Wildman–Crippen MR) is 186 cm³/mol. The Morgan fingerprint density at radius 2 is 0.809 bits per heavy atom. The van der Waals surface area contributed by atoms with Crippen molar-refractivity contribution in [2.75, 3.05) is 0 Å². The van der Waals surface area contributed by atoms with Crippen molar-refractivity contribution in [1.29, 1.82) is 0 Å². The van der Waals surface area contributed by atoms with E-state index >= 15 is 0 Å². The average Bonchev–Trinajstić information content (AvgIpc) is 3.02. The minimum Gasteiger partial charge on any atom is -0.488 e. The van der Waals surface area contributed by atoms with Gasteiger partial charge in [-0.05, 0) is 110 Å². The molecule has 8 heteroatoms. The largest absolute Gasteiger partial charge is 0.488 e. The summed E-state index contributed by atoms with van der Waals surface area (Å²) < 4.78 is 81.4. The quantitative estimate of drug-likeness (QED) is 0.196. The molecule has 0 radical (unpaired) electrons. The highest BCUT2D eigenvalue weighted by molar-refractivity contribution is 7.91. The molecular formula is C39H49F3O4S. The van der Waals surface area contributed by atoms with Crippen LogP contribution in [-0.2, 0) is 20.7 Å². The van der Waals surface area contributed by atoms with Crippen LogP contribution in [-0.4, -0.2) is 20.2 Å². The smallest absolute Gasteiger partial charge is 0.402 e. The van der Waals surface area contributed by atoms with Crippen molar-refractivity contribution in [3.63, 3.8) is 0 Å². The molecule has 0 aliphatic rings. The summed E-state index contributed by atoms with van der Waals surface area (Å²) in [4.78, 5) is 0.299. The monoisotopic (exact) mass is 670 g/mol. The number of rotatable bonds is 7. The van der Waals surface area contributed by atoms with Gasteiger partial charge < -0.3 is 9.47 Å². The number of halogens is 3. The number of alkyl halides is 3. The van der Waals surface area contributed by atoms with Gasteiger partial charge in [0.2, 0.25) is 9.84 Å². The van der Waals surface area contributed by atoms with Gasteiger partial charge >= 0.3 is 6.18 Å². The Labute approximate surface area is 279 Å². The van der Waals surface area contributed by atoms with Gasteiger partial charge in [-0.2, -0.15) is 13.2 Å². The third kappa shape index (κ3) is 9.63. The molecule has 4 aromatic rings. The second-order valence-electron chi connectivity index (χ2n) is 12.7. The molecule has 4 rings (SSSR count). The van der Waals surface area contributed by atoms with Gasteiger partial charge in [-0.1, -0.05) is 84.9 Å². The maximum atomic E-state index is 14.5. The molecule has 1 atom stereocenters. The average molecular weight is 671 g/mol. The molecule has 0 saturated carbocycles. The fourth-order valence-corrected chi connectivity index (χ4v) is 5.91. The van der Waals surface area contributed by atoms with Crippen LogP contribution in [0.25, 0.3) is 0 Å². The van der Waals surface area contributed by atoms with Gasteiger partial charge in [-0.15, -0.1) is 0 Å². The van der Waals surface area contributed by atoms with E-state index in [0.717, 1.165) is 12.5 Å². The van der Waals surface area contributed by atoms with Crippen molar-refractivity contribution < 1.29 is 31.1 Å². The van der Waals surface area contributed by atoms with Crippen molar-refractivity contribution in [2.24, 2.45) is 0 Å². The fraction of sp³-hybridized carbons (Fsp3) is 0.385. The highest BCUT2D eigenvalue weighted by Gasteiger charge is 2.53. The van der Waals surface area contributed by atoms with Crippen LogP contribution >= 0.6 is 0 Å². The first-order valence-electron chi connectivity index (χ1n) is 15.9. The molecule has 0 N–H and O–H groups in total. The minimum atomic E-state index is -4.57. The Bertz CT molecular complexity index is 1650. The first-order valence-corrected chi connectivity index (χ1v) is 17.4. The van der Waals surface area contributed by atoms with Gasteiger partial charge in [-0.3, -0.25) is 0 Å². The Morgan fingerprint density at radius 1 is 0.489 bits per heavy atom. The van der Waals surface area contributed by atoms with Gasteiger partial charge in [0.1, 0.15) is 28.3 Å². The van der Waals surface area contributed by atoms with Crippen LogP contribution < -0.4 is 9.47 Å². The van der Waals surface area contributed by atoms with Crippen LogP contribution in [0.1, 0.15) is 92.9 Å². The van der Waals surface area contributed by atoms with Crippen LogP contribution in [0.4, 0.5) is 13.2 Å². The lowest BCUT2D eigenvalue weighted by molar-refractivity contribution is -0.173. The van der Waals surface area contributed by atoms with Gasteiger partial charge in [0.05, 0.1) is 9.79 Å². The van der Waals surface area contributed by atoms with E-state index < -0.39 is 27.0 Å². The topological polar surface area (TPSA) is 52.6 Å². The molecule has 0 spiro atoms. The molecule has 4 nitrogen and oxygen atoms in total. The van der Waals surface area contributed by atoms with Crippen LogP contribution in [0.3, 0.4) is 0 Å². The molecule has 1 unspecified atom stereocenters. The van der Waals surface area contributed by atoms with Crippen LogP contribution in [0.2, 0.25) is 0 Å². The molecule has 0 aliphatic carbocycles. The van der Waals surface area contributed by atoms with Crippen molar-refractivity contribution in [1.82, 2.24) is 0 Å². The summed E-state index contributed by atoms with van der Waals surface area (Å²) in [5.41, 5.74) is -1.68. The van der Waals surface area contributed by atoms with Crippen LogP contribution in [0.5, 0.6) is 17.2 Å². The van der Waals surface area contributed by atoms with E-state index in [9.17, 15) is 21.6 Å². The number of benzene rings is 4. The summed E-state index contributed by atoms with van der Waals surface area (Å²) in [5, 5.41) is 0. The third-order valence-corrected chi connectivity index (χ3v) is 9.04. The highest BCUT2D eigenvalue weighted by atomic mass is 32.2. The van der Waals surface area contributed by atoms with E-state index in [0.29, 0.717) is 17.2 Å². The molecule has 0 aliphatic heterocycles. The van der Waals surface area contributed by atoms with Gasteiger partial charge in [0.25, 0.3) is 0 Å². The Balaban J connectivity index is 0.00000185. The minimum absolute atomic E-state index is 0.0516. The standard InChI is InChI=1S/C35H37F3O4S.2C2H6/c1-32(2,3)24-12-20-30(21-13-24)43(39,40)31-22-18-28(19-23-31)41-27-14-8-25(9-15-27)34(7,35(36,37)38)26-10-16-29(17-11-26)42-33(4,5)6;2*1-2/h8-23H,1-7H3;2*1-2H3. The second-order valence-corrected chi connectivity index (χ2v) is 14.7. The third-order valence-electron chi connectivity index (χ3n) is 7.25. The number of ether oxygens (including phenoxy) is 2. The Hall–Kier alpha value is -3.78. The predicted octanol–water partition coefficient (Wildman–Crippen LogP) is 11.7. The van der Waals surface area contributed by atoms with E-state index in [1.165, 1.54) is 60.7 Å². The fourth-order valence-electron chi connectivity index (χ4n) is 4.65. The van der Waals surface area contributed by atoms with E-state index in [2.05, 4.69) is 20.8 Å². The number of sulfone groups is 1. The molecule has 0 aromatic heterocycles. The van der Waals surface area contributed by atoms with E-state index in [-0.39, 0.29) is 26.3 Å². The summed E-state index contributed by atoms with van der Waals surface area (Å²) in [7, 11) is -3.74. The number of hydrogen-bond donors (Lipinski definition) is 0. The van der Waals surface area contributed by atoms with Gasteiger partial charge in [0.15, 0.2) is 0 Å². The second kappa shape index (κ2) is 15.4. The molecule has 0 fully saturated rings. The van der Waals surface area contributed by atoms with E-state index in [4.69, 9.17) is 9.47 Å². The molecular weight excluding hydrogens is 621 g/mol. The zero-order valence-electron chi connectivity index (χ0n) is 29.4. The van der Waals surface area contributed by atoms with Crippen molar-refractivity contribution in [2.45, 2.75) is 109 Å². The zero-order valence-corrected chi connectivity index (χ0v) is 30.2. The molecule has 47 heavy (non-hydrogen) atoms. The molecule has 0 amide bonds. The summed E-state index contributed by atoms with van der Waals surface area (Å²) in [5.74, 6) is 1.15. The summed E-state index contributed by atoms with van der Waals surface area (Å²) >= 11 is 0. The van der Waals surface area contributed by atoms with Crippen molar-refractivity contribution >= 4 is 9.84 Å². The van der Waals surface area contributed by atoms with Crippen LogP contribution in [0, 0.1) is 0 Å². The summed E-state index contributed by atoms with van der Waals surface area (Å²) in [6.45, 7) is 20.9. The van der Waals surface area contributed by atoms with Crippen LogP contribution in [0.15, 0.2) is 107 Å². The SMILES string of the molecule is CC.CC.CC(C)(C)Oc1ccc(C(C)(c2ccc(Oc3ccc(S(=O)(=O)c4ccc(C(C)(C)C)cc4)cc3)cc2)C(F)(F)F)cc1.